The van der Waals surface area contributed by atoms with Crippen LogP contribution in [-0.2, 0) is 0 Å². The Labute approximate surface area is 65.2 Å². The largest absolute Gasteiger partial charge is 0.454 e. The van der Waals surface area contributed by atoms with Crippen molar-refractivity contribution in [2.24, 2.45) is 5.73 Å². The van der Waals surface area contributed by atoms with Crippen LogP contribution < -0.4 is 5.73 Å². The van der Waals surface area contributed by atoms with E-state index in [2.05, 4.69) is 5.73 Å². The SMILES string of the molecule is NC(CCO)C(F)(F)C(F)(F)F. The van der Waals surface area contributed by atoms with Gasteiger partial charge in [-0.05, 0) is 6.42 Å². The van der Waals surface area contributed by atoms with Crippen LogP contribution >= 0.6 is 0 Å². The topological polar surface area (TPSA) is 46.2 Å². The van der Waals surface area contributed by atoms with Crippen molar-refractivity contribution in [3.05, 3.63) is 0 Å². The second-order valence-electron chi connectivity index (χ2n) is 2.24. The average molecular weight is 193 g/mol. The Morgan fingerprint density at radius 1 is 1.17 bits per heavy atom. The maximum Gasteiger partial charge on any atom is 0.454 e. The standard InChI is InChI=1S/C5H8F5NO/c6-4(7,5(8,9)10)3(11)1-2-12/h3,12H,1-2,11H2. The molecule has 2 nitrogen and oxygen atoms in total. The Hall–Kier alpha value is -0.430. The third-order valence-electron chi connectivity index (χ3n) is 1.28. The first kappa shape index (κ1) is 11.6. The summed E-state index contributed by atoms with van der Waals surface area (Å²) in [5.41, 5.74) is 4.52. The summed E-state index contributed by atoms with van der Waals surface area (Å²) in [6, 6.07) is -2.39. The van der Waals surface area contributed by atoms with Crippen LogP contribution in [-0.4, -0.2) is 29.9 Å². The molecule has 0 aromatic rings. The smallest absolute Gasteiger partial charge is 0.396 e. The Morgan fingerprint density at radius 2 is 1.58 bits per heavy atom. The van der Waals surface area contributed by atoms with Crippen LogP contribution in [0.4, 0.5) is 22.0 Å². The highest BCUT2D eigenvalue weighted by molar-refractivity contribution is 4.86. The van der Waals surface area contributed by atoms with Gasteiger partial charge in [0, 0.05) is 6.61 Å². The summed E-state index contributed by atoms with van der Waals surface area (Å²) in [5.74, 6) is -4.93. The molecule has 1 atom stereocenters. The van der Waals surface area contributed by atoms with E-state index in [1.54, 1.807) is 0 Å². The Morgan fingerprint density at radius 3 is 1.83 bits per heavy atom. The summed E-state index contributed by atoms with van der Waals surface area (Å²) in [5, 5.41) is 8.09. The van der Waals surface area contributed by atoms with Crippen molar-refractivity contribution >= 4 is 0 Å². The van der Waals surface area contributed by atoms with Crippen LogP contribution in [0.1, 0.15) is 6.42 Å². The molecule has 0 fully saturated rings. The van der Waals surface area contributed by atoms with E-state index in [4.69, 9.17) is 5.11 Å². The number of nitrogens with two attached hydrogens (primary N) is 1. The number of hydrogen-bond acceptors (Lipinski definition) is 2. The Balaban J connectivity index is 4.38. The van der Waals surface area contributed by atoms with E-state index in [1.807, 2.05) is 0 Å². The summed E-state index contributed by atoms with van der Waals surface area (Å²) in [6.45, 7) is -0.799. The lowest BCUT2D eigenvalue weighted by Gasteiger charge is -2.24. The van der Waals surface area contributed by atoms with Crippen LogP contribution in [0.3, 0.4) is 0 Å². The molecular weight excluding hydrogens is 185 g/mol. The molecule has 0 radical (unpaired) electrons. The van der Waals surface area contributed by atoms with Gasteiger partial charge in [-0.2, -0.15) is 22.0 Å². The van der Waals surface area contributed by atoms with Gasteiger partial charge in [-0.3, -0.25) is 0 Å². The predicted molar refractivity (Wildman–Crippen MR) is 30.7 cm³/mol. The summed E-state index contributed by atoms with van der Waals surface area (Å²) in [6.07, 6.45) is -6.44. The van der Waals surface area contributed by atoms with Gasteiger partial charge in [-0.15, -0.1) is 0 Å². The second-order valence-corrected chi connectivity index (χ2v) is 2.24. The van der Waals surface area contributed by atoms with Crippen LogP contribution in [0.15, 0.2) is 0 Å². The van der Waals surface area contributed by atoms with Crippen LogP contribution in [0.5, 0.6) is 0 Å². The Bertz CT molecular complexity index is 145. The number of alkyl halides is 5. The van der Waals surface area contributed by atoms with E-state index >= 15 is 0 Å². The fourth-order valence-corrected chi connectivity index (χ4v) is 0.531. The highest BCUT2D eigenvalue weighted by atomic mass is 19.4. The van der Waals surface area contributed by atoms with Gasteiger partial charge in [-0.1, -0.05) is 0 Å². The van der Waals surface area contributed by atoms with Crippen molar-refractivity contribution < 1.29 is 27.1 Å². The summed E-state index contributed by atoms with van der Waals surface area (Å²) in [4.78, 5) is 0. The second kappa shape index (κ2) is 3.53. The molecule has 3 N–H and O–H groups in total. The quantitative estimate of drug-likeness (QED) is 0.654. The maximum absolute atomic E-state index is 12.2. The fraction of sp³-hybridized carbons (Fsp3) is 1.00. The molecular formula is C5H8F5NO. The molecule has 0 aliphatic carbocycles. The van der Waals surface area contributed by atoms with E-state index in [1.165, 1.54) is 0 Å². The average Bonchev–Trinajstić information content (AvgIpc) is 1.85. The minimum atomic E-state index is -5.65. The van der Waals surface area contributed by atoms with Gasteiger partial charge in [-0.25, -0.2) is 0 Å². The van der Waals surface area contributed by atoms with Crippen molar-refractivity contribution in [3.8, 4) is 0 Å². The van der Waals surface area contributed by atoms with Crippen LogP contribution in [0.2, 0.25) is 0 Å². The van der Waals surface area contributed by atoms with Gasteiger partial charge in [0.2, 0.25) is 0 Å². The molecule has 0 amide bonds. The molecule has 0 spiro atoms. The van der Waals surface area contributed by atoms with Gasteiger partial charge in [0.15, 0.2) is 0 Å². The molecule has 74 valence electrons. The third kappa shape index (κ3) is 2.28. The molecule has 0 aromatic carbocycles. The minimum absolute atomic E-state index is 0.785. The first-order chi connectivity index (χ1) is 5.23. The van der Waals surface area contributed by atoms with E-state index in [-0.39, 0.29) is 0 Å². The molecule has 0 aliphatic rings. The van der Waals surface area contributed by atoms with Crippen molar-refractivity contribution in [3.63, 3.8) is 0 Å². The molecule has 0 saturated heterocycles. The number of aliphatic hydroxyl groups excluding tert-OH is 1. The zero-order valence-electron chi connectivity index (χ0n) is 5.91. The number of halogens is 5. The van der Waals surface area contributed by atoms with Gasteiger partial charge in [0.25, 0.3) is 0 Å². The number of aliphatic hydroxyl groups is 1. The van der Waals surface area contributed by atoms with Gasteiger partial charge in [0.05, 0.1) is 6.04 Å². The van der Waals surface area contributed by atoms with Crippen molar-refractivity contribution in [1.82, 2.24) is 0 Å². The summed E-state index contributed by atoms with van der Waals surface area (Å²) in [7, 11) is 0. The van der Waals surface area contributed by atoms with Gasteiger partial charge < -0.3 is 10.8 Å². The monoisotopic (exact) mass is 193 g/mol. The highest BCUT2D eigenvalue weighted by Crippen LogP contribution is 2.38. The van der Waals surface area contributed by atoms with Gasteiger partial charge in [0.1, 0.15) is 0 Å². The van der Waals surface area contributed by atoms with Crippen LogP contribution in [0, 0.1) is 0 Å². The summed E-state index contributed by atoms with van der Waals surface area (Å²) < 4.78 is 58.8. The van der Waals surface area contributed by atoms with E-state index in [0.717, 1.165) is 0 Å². The van der Waals surface area contributed by atoms with E-state index < -0.39 is 31.2 Å². The normalized spacial score (nSPS) is 16.2. The van der Waals surface area contributed by atoms with E-state index in [0.29, 0.717) is 0 Å². The molecule has 0 bridgehead atoms. The molecule has 12 heavy (non-hydrogen) atoms. The van der Waals surface area contributed by atoms with Crippen molar-refractivity contribution in [2.45, 2.75) is 24.6 Å². The fourth-order valence-electron chi connectivity index (χ4n) is 0.531. The molecule has 1 unspecified atom stereocenters. The minimum Gasteiger partial charge on any atom is -0.396 e. The molecule has 0 saturated carbocycles. The lowest BCUT2D eigenvalue weighted by Crippen LogP contribution is -2.51. The third-order valence-corrected chi connectivity index (χ3v) is 1.28. The first-order valence-corrected chi connectivity index (χ1v) is 3.04. The van der Waals surface area contributed by atoms with Crippen molar-refractivity contribution in [2.75, 3.05) is 6.61 Å². The highest BCUT2D eigenvalue weighted by Gasteiger charge is 2.60. The van der Waals surface area contributed by atoms with Gasteiger partial charge >= 0.3 is 12.1 Å². The maximum atomic E-state index is 12.2. The van der Waals surface area contributed by atoms with Crippen LogP contribution in [0.25, 0.3) is 0 Å². The lowest BCUT2D eigenvalue weighted by atomic mass is 10.1. The molecule has 0 heterocycles. The molecule has 7 heteroatoms. The zero-order chi connectivity index (χ0) is 9.99. The summed E-state index contributed by atoms with van der Waals surface area (Å²) >= 11 is 0. The van der Waals surface area contributed by atoms with E-state index in [9.17, 15) is 22.0 Å². The molecule has 0 aromatic heterocycles. The lowest BCUT2D eigenvalue weighted by molar-refractivity contribution is -0.290. The van der Waals surface area contributed by atoms with Crippen molar-refractivity contribution in [1.29, 1.82) is 0 Å². The predicted octanol–water partition coefficient (Wildman–Crippen LogP) is 0.894. The first-order valence-electron chi connectivity index (χ1n) is 3.04. The zero-order valence-corrected chi connectivity index (χ0v) is 5.91. The number of hydrogen-bond donors (Lipinski definition) is 2. The molecule has 0 rings (SSSR count). The Kier molecular flexibility index (Phi) is 3.40. The molecule has 0 aliphatic heterocycles. The number of rotatable bonds is 3.